The van der Waals surface area contributed by atoms with Crippen LogP contribution in [-0.4, -0.2) is 37.7 Å². The van der Waals surface area contributed by atoms with Gasteiger partial charge >= 0.3 is 6.18 Å². The van der Waals surface area contributed by atoms with E-state index in [2.05, 4.69) is 44.5 Å². The number of anilines is 1. The first-order chi connectivity index (χ1) is 18.7. The van der Waals surface area contributed by atoms with E-state index in [0.29, 0.717) is 23.4 Å². The van der Waals surface area contributed by atoms with Gasteiger partial charge < -0.3 is 9.88 Å². The van der Waals surface area contributed by atoms with Crippen LogP contribution in [0.1, 0.15) is 80.1 Å². The van der Waals surface area contributed by atoms with Crippen LogP contribution >= 0.6 is 0 Å². The first-order valence-corrected chi connectivity index (χ1v) is 14.1. The van der Waals surface area contributed by atoms with Crippen LogP contribution in [0.15, 0.2) is 42.9 Å². The minimum atomic E-state index is -4.46. The average Bonchev–Trinajstić information content (AvgIpc) is 3.28. The van der Waals surface area contributed by atoms with Crippen molar-refractivity contribution in [2.45, 2.75) is 76.6 Å². The highest BCUT2D eigenvalue weighted by Crippen LogP contribution is 2.66. The first kappa shape index (κ1) is 26.3. The predicted molar refractivity (Wildman–Crippen MR) is 144 cm³/mol. The van der Waals surface area contributed by atoms with E-state index in [1.165, 1.54) is 31.7 Å². The zero-order valence-electron chi connectivity index (χ0n) is 22.8. The van der Waals surface area contributed by atoms with Gasteiger partial charge in [-0.2, -0.15) is 13.2 Å². The molecule has 39 heavy (non-hydrogen) atoms. The van der Waals surface area contributed by atoms with Gasteiger partial charge in [0.15, 0.2) is 0 Å². The quantitative estimate of drug-likeness (QED) is 0.381. The van der Waals surface area contributed by atoms with E-state index in [0.717, 1.165) is 49.4 Å². The molecule has 208 valence electrons. The molecule has 0 unspecified atom stereocenters. The molecule has 2 aromatic heterocycles. The maximum Gasteiger partial charge on any atom is 0.418 e. The molecule has 2 aliphatic carbocycles. The van der Waals surface area contributed by atoms with Crippen molar-refractivity contribution in [1.82, 2.24) is 24.6 Å². The van der Waals surface area contributed by atoms with Crippen LogP contribution in [0.3, 0.4) is 0 Å². The van der Waals surface area contributed by atoms with Gasteiger partial charge in [-0.1, -0.05) is 25.5 Å². The van der Waals surface area contributed by atoms with E-state index >= 15 is 0 Å². The summed E-state index contributed by atoms with van der Waals surface area (Å²) >= 11 is 0. The molecule has 1 saturated heterocycles. The molecule has 3 fully saturated rings. The van der Waals surface area contributed by atoms with Crippen LogP contribution in [0.2, 0.25) is 0 Å². The number of halogens is 3. The second kappa shape index (κ2) is 9.91. The molecule has 1 aliphatic heterocycles. The Kier molecular flexibility index (Phi) is 6.68. The lowest BCUT2D eigenvalue weighted by Crippen LogP contribution is -2.54. The van der Waals surface area contributed by atoms with E-state index in [9.17, 15) is 13.2 Å². The Balaban J connectivity index is 1.21. The zero-order valence-corrected chi connectivity index (χ0v) is 22.8. The normalized spacial score (nSPS) is 22.3. The smallest absolute Gasteiger partial charge is 0.379 e. The van der Waals surface area contributed by atoms with E-state index < -0.39 is 11.7 Å². The predicted octanol–water partition coefficient (Wildman–Crippen LogP) is 6.32. The number of rotatable bonds is 7. The minimum Gasteiger partial charge on any atom is -0.379 e. The lowest BCUT2D eigenvalue weighted by molar-refractivity contribution is -0.138. The summed E-state index contributed by atoms with van der Waals surface area (Å²) < 4.78 is 44.2. The molecule has 3 heterocycles. The van der Waals surface area contributed by atoms with E-state index in [4.69, 9.17) is 0 Å². The third kappa shape index (κ3) is 5.06. The fourth-order valence-electron chi connectivity index (χ4n) is 7.28. The molecule has 1 spiro atoms. The number of piperidine rings is 1. The van der Waals surface area contributed by atoms with Crippen molar-refractivity contribution < 1.29 is 13.2 Å². The Morgan fingerprint density at radius 3 is 2.62 bits per heavy atom. The third-order valence-corrected chi connectivity index (χ3v) is 9.26. The van der Waals surface area contributed by atoms with Crippen molar-refractivity contribution in [2.24, 2.45) is 18.4 Å². The second-order valence-corrected chi connectivity index (χ2v) is 12.3. The molecule has 9 heteroatoms. The van der Waals surface area contributed by atoms with Gasteiger partial charge in [-0.3, -0.25) is 9.88 Å². The van der Waals surface area contributed by atoms with E-state index in [1.54, 1.807) is 12.5 Å². The summed E-state index contributed by atoms with van der Waals surface area (Å²) in [5.41, 5.74) is 2.07. The molecule has 0 bridgehead atoms. The van der Waals surface area contributed by atoms with E-state index in [1.807, 2.05) is 23.7 Å². The number of nitrogens with one attached hydrogen (secondary N) is 1. The lowest BCUT2D eigenvalue weighted by Gasteiger charge is -2.60. The number of likely N-dealkylation sites (tertiary alicyclic amines) is 1. The van der Waals surface area contributed by atoms with Crippen molar-refractivity contribution in [1.29, 1.82) is 0 Å². The Hall–Kier alpha value is -2.94. The topological polar surface area (TPSA) is 58.9 Å². The Bertz CT molecular complexity index is 1320. The molecule has 6 nitrogen and oxygen atoms in total. The van der Waals surface area contributed by atoms with Gasteiger partial charge in [-0.25, -0.2) is 0 Å². The number of hydrogen-bond donors (Lipinski definition) is 1. The molecule has 1 N–H and O–H groups in total. The second-order valence-electron chi connectivity index (χ2n) is 12.3. The van der Waals surface area contributed by atoms with Crippen molar-refractivity contribution >= 4 is 5.69 Å². The molecule has 3 aliphatic rings. The van der Waals surface area contributed by atoms with Crippen molar-refractivity contribution in [3.63, 3.8) is 0 Å². The molecular formula is C30H37F3N6. The summed E-state index contributed by atoms with van der Waals surface area (Å²) in [6.07, 6.45) is 7.00. The van der Waals surface area contributed by atoms with Crippen molar-refractivity contribution in [2.75, 3.05) is 18.4 Å². The number of benzene rings is 1. The number of aromatic nitrogens is 4. The minimum absolute atomic E-state index is 0.000221. The highest BCUT2D eigenvalue weighted by Gasteiger charge is 2.60. The van der Waals surface area contributed by atoms with Crippen molar-refractivity contribution in [3.8, 4) is 0 Å². The van der Waals surface area contributed by atoms with Gasteiger partial charge in [0.25, 0.3) is 0 Å². The molecule has 1 aromatic carbocycles. The zero-order chi connectivity index (χ0) is 27.3. The van der Waals surface area contributed by atoms with Gasteiger partial charge in [-0.15, -0.1) is 10.2 Å². The summed E-state index contributed by atoms with van der Waals surface area (Å²) in [4.78, 5) is 6.53. The number of nitrogens with zero attached hydrogens (tertiary/aromatic N) is 5. The average molecular weight is 539 g/mol. The number of pyridine rings is 1. The lowest BCUT2D eigenvalue weighted by atomic mass is 9.43. The SMILES string of the molecule is C[C@H]1CCCN(Cc2cnc(CNc3cccc(C4(c5nncn5C)CC5(CCC5)C4)c3)c(C(F)(F)F)c2)C1. The van der Waals surface area contributed by atoms with E-state index in [-0.39, 0.29) is 17.7 Å². The molecule has 1 atom stereocenters. The Morgan fingerprint density at radius 1 is 1.13 bits per heavy atom. The molecule has 0 amide bonds. The van der Waals surface area contributed by atoms with Crippen LogP contribution in [0.25, 0.3) is 0 Å². The molecule has 3 aromatic rings. The summed E-state index contributed by atoms with van der Waals surface area (Å²) in [6.45, 7) is 4.53. The fraction of sp³-hybridized carbons (Fsp3) is 0.567. The summed E-state index contributed by atoms with van der Waals surface area (Å²) in [5.74, 6) is 1.52. The first-order valence-electron chi connectivity index (χ1n) is 14.1. The van der Waals surface area contributed by atoms with Gasteiger partial charge in [0.2, 0.25) is 0 Å². The number of alkyl halides is 3. The number of hydrogen-bond acceptors (Lipinski definition) is 5. The standard InChI is InChI=1S/C30H37F3N6/c1-21-6-4-11-39(16-21)17-22-12-25(30(31,32)33)26(35-14-22)15-34-24-8-3-7-23(13-24)29(27-37-36-20-38(27)2)18-28(19-29)9-5-10-28/h3,7-8,12-14,20-21,34H,4-6,9-11,15-19H2,1-2H3/t21-/m0/s1. The Labute approximate surface area is 228 Å². The van der Waals surface area contributed by atoms with Gasteiger partial charge in [0, 0.05) is 32.0 Å². The van der Waals surface area contributed by atoms with Gasteiger partial charge in [0.1, 0.15) is 12.2 Å². The highest BCUT2D eigenvalue weighted by molar-refractivity contribution is 5.51. The van der Waals surface area contributed by atoms with Gasteiger partial charge in [0.05, 0.1) is 23.2 Å². The van der Waals surface area contributed by atoms with Gasteiger partial charge in [-0.05, 0) is 85.7 Å². The molecular weight excluding hydrogens is 501 g/mol. The monoisotopic (exact) mass is 538 g/mol. The summed E-state index contributed by atoms with van der Waals surface area (Å²) in [7, 11) is 1.98. The van der Waals surface area contributed by atoms with Crippen molar-refractivity contribution in [3.05, 3.63) is 71.1 Å². The largest absolute Gasteiger partial charge is 0.418 e. The number of aryl methyl sites for hydroxylation is 1. The molecule has 6 rings (SSSR count). The maximum absolute atomic E-state index is 14.1. The van der Waals surface area contributed by atoms with Crippen LogP contribution in [0, 0.1) is 11.3 Å². The summed E-state index contributed by atoms with van der Waals surface area (Å²) in [5, 5.41) is 11.9. The third-order valence-electron chi connectivity index (χ3n) is 9.26. The van der Waals surface area contributed by atoms with Crippen LogP contribution in [-0.2, 0) is 31.7 Å². The fourth-order valence-corrected chi connectivity index (χ4v) is 7.28. The highest BCUT2D eigenvalue weighted by atomic mass is 19.4. The Morgan fingerprint density at radius 2 is 1.95 bits per heavy atom. The van der Waals surface area contributed by atoms with Crippen LogP contribution < -0.4 is 5.32 Å². The molecule has 0 radical (unpaired) electrons. The summed E-state index contributed by atoms with van der Waals surface area (Å²) in [6, 6.07) is 9.35. The van der Waals surface area contributed by atoms with Crippen LogP contribution in [0.4, 0.5) is 18.9 Å². The van der Waals surface area contributed by atoms with Crippen LogP contribution in [0.5, 0.6) is 0 Å². The molecule has 2 saturated carbocycles. The maximum atomic E-state index is 14.1.